The number of likely N-dealkylation sites (N-methyl/N-ethyl adjacent to an activating group) is 1. The quantitative estimate of drug-likeness (QED) is 0.204. The predicted octanol–water partition coefficient (Wildman–Crippen LogP) is 7.18. The van der Waals surface area contributed by atoms with Gasteiger partial charge in [0.1, 0.15) is 18.3 Å². The average Bonchev–Trinajstić information content (AvgIpc) is 3.03. The standard InChI is InChI=1S/C34H35ClF2N6O/c1-4-42-15-12-22(13-16-42)26-11-9-25(19-31(26)36)40-21-41-33-24(20-38-3)17-29(34(44)43(33)5-2)28-10-8-23(18-30(28)35)27-7-6-14-39-32(27)37/h6-11,14,17-20,22,40H,3-5,12-13,15-16,21H2,1-2H3/b24-20-,41-33+. The second-order valence-corrected chi connectivity index (χ2v) is 11.1. The molecule has 0 atom stereocenters. The van der Waals surface area contributed by atoms with E-state index >= 15 is 4.39 Å². The fourth-order valence-electron chi connectivity index (χ4n) is 5.77. The van der Waals surface area contributed by atoms with Crippen molar-refractivity contribution in [2.45, 2.75) is 32.6 Å². The highest BCUT2D eigenvalue weighted by Crippen LogP contribution is 2.35. The second-order valence-electron chi connectivity index (χ2n) is 10.7. The third-order valence-corrected chi connectivity index (χ3v) is 8.47. The predicted molar refractivity (Wildman–Crippen MR) is 174 cm³/mol. The van der Waals surface area contributed by atoms with Crippen LogP contribution in [-0.4, -0.2) is 66.1 Å². The van der Waals surface area contributed by atoms with Crippen molar-refractivity contribution in [3.8, 4) is 11.1 Å². The fraction of sp³-hybridized carbons (Fsp3) is 0.294. The third kappa shape index (κ3) is 6.64. The summed E-state index contributed by atoms with van der Waals surface area (Å²) in [6, 6.07) is 13.5. The van der Waals surface area contributed by atoms with Crippen LogP contribution in [0.15, 0.2) is 82.6 Å². The van der Waals surface area contributed by atoms with E-state index in [9.17, 15) is 9.18 Å². The maximum absolute atomic E-state index is 15.1. The van der Waals surface area contributed by atoms with E-state index in [0.717, 1.165) is 38.0 Å². The summed E-state index contributed by atoms with van der Waals surface area (Å²) in [5, 5.41) is 3.44. The van der Waals surface area contributed by atoms with Gasteiger partial charge in [0.05, 0.1) is 0 Å². The molecule has 0 spiro atoms. The van der Waals surface area contributed by atoms with Crippen molar-refractivity contribution >= 4 is 41.3 Å². The molecule has 1 amide bonds. The Hall–Kier alpha value is -4.21. The SMILES string of the molecule is C=N/C=C1/C=C(c2ccc(-c3cccnc3F)cc2Cl)C(=O)N(CC)/C1=N/CNc1ccc(C2CCN(CC)CC2)c(F)c1. The highest BCUT2D eigenvalue weighted by atomic mass is 35.5. The molecule has 2 aromatic carbocycles. The number of amidine groups is 1. The first-order valence-electron chi connectivity index (χ1n) is 14.7. The van der Waals surface area contributed by atoms with Gasteiger partial charge in [-0.1, -0.05) is 36.7 Å². The molecule has 2 aliphatic rings. The van der Waals surface area contributed by atoms with Gasteiger partial charge < -0.3 is 10.2 Å². The Labute approximate surface area is 261 Å². The number of nitrogens with zero attached hydrogens (tertiary/aromatic N) is 5. The Morgan fingerprint density at radius 2 is 1.89 bits per heavy atom. The Morgan fingerprint density at radius 1 is 1.09 bits per heavy atom. The minimum absolute atomic E-state index is 0.108. The summed E-state index contributed by atoms with van der Waals surface area (Å²) in [6.07, 6.45) is 6.48. The van der Waals surface area contributed by atoms with Gasteiger partial charge in [-0.3, -0.25) is 14.7 Å². The fourth-order valence-corrected chi connectivity index (χ4v) is 6.05. The normalized spacial score (nSPS) is 18.2. The van der Waals surface area contributed by atoms with Crippen molar-refractivity contribution in [3.05, 3.63) is 100 Å². The molecule has 3 heterocycles. The molecule has 228 valence electrons. The van der Waals surface area contributed by atoms with Crippen LogP contribution in [0, 0.1) is 11.8 Å². The largest absolute Gasteiger partial charge is 0.366 e. The Bertz CT molecular complexity index is 1640. The summed E-state index contributed by atoms with van der Waals surface area (Å²) >= 11 is 6.64. The smallest absolute Gasteiger partial charge is 0.260 e. The molecule has 3 aromatic rings. The van der Waals surface area contributed by atoms with Crippen LogP contribution in [0.3, 0.4) is 0 Å². The molecule has 1 saturated heterocycles. The Balaban J connectivity index is 1.36. The summed E-state index contributed by atoms with van der Waals surface area (Å²) in [5.74, 6) is -0.492. The lowest BCUT2D eigenvalue weighted by Crippen LogP contribution is -2.41. The Morgan fingerprint density at radius 3 is 2.55 bits per heavy atom. The lowest BCUT2D eigenvalue weighted by atomic mass is 9.89. The van der Waals surface area contributed by atoms with Crippen LogP contribution in [-0.2, 0) is 4.79 Å². The van der Waals surface area contributed by atoms with Gasteiger partial charge in [-0.2, -0.15) is 4.39 Å². The lowest BCUT2D eigenvalue weighted by molar-refractivity contribution is -0.121. The number of amides is 1. The van der Waals surface area contributed by atoms with Gasteiger partial charge in [-0.05, 0) is 99.6 Å². The molecule has 0 bridgehead atoms. The molecule has 0 aliphatic carbocycles. The van der Waals surface area contributed by atoms with E-state index in [-0.39, 0.29) is 29.3 Å². The van der Waals surface area contributed by atoms with E-state index in [4.69, 9.17) is 11.6 Å². The molecule has 1 fully saturated rings. The summed E-state index contributed by atoms with van der Waals surface area (Å²) in [4.78, 5) is 29.9. The number of pyridine rings is 1. The summed E-state index contributed by atoms with van der Waals surface area (Å²) in [5.41, 5.74) is 3.62. The van der Waals surface area contributed by atoms with E-state index in [0.29, 0.717) is 45.9 Å². The number of benzene rings is 2. The minimum atomic E-state index is -0.607. The summed E-state index contributed by atoms with van der Waals surface area (Å²) < 4.78 is 29.4. The van der Waals surface area contributed by atoms with Crippen LogP contribution in [0.5, 0.6) is 0 Å². The molecule has 7 nitrogen and oxygen atoms in total. The number of anilines is 1. The van der Waals surface area contributed by atoms with E-state index in [1.165, 1.54) is 23.4 Å². The van der Waals surface area contributed by atoms with Crippen molar-refractivity contribution in [1.29, 1.82) is 0 Å². The first kappa shape index (κ1) is 31.2. The number of carbonyl (C=O) groups is 1. The van der Waals surface area contributed by atoms with Gasteiger partial charge in [0.2, 0.25) is 5.95 Å². The van der Waals surface area contributed by atoms with Crippen LogP contribution in [0.25, 0.3) is 16.7 Å². The van der Waals surface area contributed by atoms with E-state index < -0.39 is 5.95 Å². The molecule has 1 N–H and O–H groups in total. The van der Waals surface area contributed by atoms with Crippen LogP contribution in [0.2, 0.25) is 5.02 Å². The molecule has 10 heteroatoms. The molecule has 5 rings (SSSR count). The highest BCUT2D eigenvalue weighted by Gasteiger charge is 2.31. The van der Waals surface area contributed by atoms with Crippen molar-refractivity contribution in [2.24, 2.45) is 9.98 Å². The van der Waals surface area contributed by atoms with Crippen LogP contribution >= 0.6 is 11.6 Å². The molecule has 0 unspecified atom stereocenters. The van der Waals surface area contributed by atoms with Gasteiger partial charge in [0.15, 0.2) is 0 Å². The number of aromatic nitrogens is 1. The number of rotatable bonds is 9. The van der Waals surface area contributed by atoms with Gasteiger partial charge >= 0.3 is 0 Å². The second kappa shape index (κ2) is 14.1. The zero-order valence-electron chi connectivity index (χ0n) is 24.9. The van der Waals surface area contributed by atoms with Crippen LogP contribution in [0.4, 0.5) is 14.5 Å². The minimum Gasteiger partial charge on any atom is -0.366 e. The molecular weight excluding hydrogens is 582 g/mol. The van der Waals surface area contributed by atoms with Crippen LogP contribution in [0.1, 0.15) is 43.7 Å². The number of hydrogen-bond donors (Lipinski definition) is 1. The number of hydrogen-bond acceptors (Lipinski definition) is 6. The van der Waals surface area contributed by atoms with Gasteiger partial charge in [-0.15, -0.1) is 0 Å². The lowest BCUT2D eigenvalue weighted by Gasteiger charge is -2.31. The molecule has 1 aromatic heterocycles. The number of nitrogens with one attached hydrogen (secondary N) is 1. The summed E-state index contributed by atoms with van der Waals surface area (Å²) in [7, 11) is 0. The third-order valence-electron chi connectivity index (χ3n) is 8.15. The molecule has 0 radical (unpaired) electrons. The van der Waals surface area contributed by atoms with Gasteiger partial charge in [0.25, 0.3) is 5.91 Å². The van der Waals surface area contributed by atoms with Crippen molar-refractivity contribution in [2.75, 3.05) is 38.2 Å². The number of carbonyl (C=O) groups excluding carboxylic acids is 1. The van der Waals surface area contributed by atoms with Crippen LogP contribution < -0.4 is 5.32 Å². The Kier molecular flexibility index (Phi) is 9.97. The van der Waals surface area contributed by atoms with Crippen molar-refractivity contribution < 1.29 is 13.6 Å². The molecular formula is C34H35ClF2N6O. The first-order chi connectivity index (χ1) is 21.3. The molecule has 2 aliphatic heterocycles. The molecule has 44 heavy (non-hydrogen) atoms. The van der Waals surface area contributed by atoms with Crippen molar-refractivity contribution in [3.63, 3.8) is 0 Å². The van der Waals surface area contributed by atoms with Gasteiger partial charge in [-0.25, -0.2) is 14.4 Å². The van der Waals surface area contributed by atoms with Crippen molar-refractivity contribution in [1.82, 2.24) is 14.8 Å². The average molecular weight is 617 g/mol. The van der Waals surface area contributed by atoms with Gasteiger partial charge in [0, 0.05) is 51.9 Å². The van der Waals surface area contributed by atoms with E-state index in [1.807, 2.05) is 19.1 Å². The van der Waals surface area contributed by atoms with E-state index in [1.54, 1.807) is 36.4 Å². The molecule has 0 saturated carbocycles. The number of piperidine rings is 1. The number of aliphatic imine (C=N–C) groups is 2. The van der Waals surface area contributed by atoms with E-state index in [2.05, 4.69) is 38.8 Å². The number of likely N-dealkylation sites (tertiary alicyclic amines) is 1. The highest BCUT2D eigenvalue weighted by molar-refractivity contribution is 6.37. The zero-order valence-corrected chi connectivity index (χ0v) is 25.6. The maximum atomic E-state index is 15.1. The topological polar surface area (TPSA) is 73.2 Å². The number of halogens is 3. The summed E-state index contributed by atoms with van der Waals surface area (Å²) in [6.45, 7) is 11.0. The monoisotopic (exact) mass is 616 g/mol. The first-order valence-corrected chi connectivity index (χ1v) is 15.1. The zero-order chi connectivity index (χ0) is 31.2. The maximum Gasteiger partial charge on any atom is 0.260 e.